The highest BCUT2D eigenvalue weighted by Crippen LogP contribution is 2.39. The Balaban J connectivity index is 1.53. The number of nitrogens with one attached hydrogen (secondary N) is 1. The van der Waals surface area contributed by atoms with Crippen LogP contribution in [0.15, 0.2) is 29.2 Å². The van der Waals surface area contributed by atoms with Crippen molar-refractivity contribution in [3.63, 3.8) is 0 Å². The van der Waals surface area contributed by atoms with Gasteiger partial charge in [-0.2, -0.15) is 0 Å². The predicted octanol–water partition coefficient (Wildman–Crippen LogP) is 4.43. The van der Waals surface area contributed by atoms with Crippen molar-refractivity contribution in [2.45, 2.75) is 55.9 Å². The Morgan fingerprint density at radius 2 is 2.16 bits per heavy atom. The van der Waals surface area contributed by atoms with Crippen LogP contribution in [0, 0.1) is 5.92 Å². The Labute approximate surface area is 121 Å². The average molecular weight is 275 g/mol. The lowest BCUT2D eigenvalue weighted by Crippen LogP contribution is -2.36. The van der Waals surface area contributed by atoms with E-state index in [0.717, 1.165) is 17.9 Å². The van der Waals surface area contributed by atoms with Crippen LogP contribution in [0.25, 0.3) is 0 Å². The normalized spacial score (nSPS) is 30.3. The van der Waals surface area contributed by atoms with Crippen LogP contribution < -0.4 is 5.32 Å². The zero-order valence-electron chi connectivity index (χ0n) is 11.9. The van der Waals surface area contributed by atoms with Gasteiger partial charge in [-0.1, -0.05) is 44.4 Å². The molecule has 1 N–H and O–H groups in total. The number of fused-ring (bicyclic) bond motifs is 1. The van der Waals surface area contributed by atoms with Crippen LogP contribution in [-0.4, -0.2) is 18.3 Å². The minimum Gasteiger partial charge on any atom is -0.313 e. The number of hydrogen-bond donors (Lipinski definition) is 1. The van der Waals surface area contributed by atoms with E-state index >= 15 is 0 Å². The van der Waals surface area contributed by atoms with Gasteiger partial charge in [0.25, 0.3) is 0 Å². The predicted molar refractivity (Wildman–Crippen MR) is 83.9 cm³/mol. The molecule has 0 saturated heterocycles. The second-order valence-electron chi connectivity index (χ2n) is 6.09. The van der Waals surface area contributed by atoms with Gasteiger partial charge in [-0.05, 0) is 30.4 Å². The van der Waals surface area contributed by atoms with Gasteiger partial charge < -0.3 is 5.32 Å². The molecule has 3 atom stereocenters. The summed E-state index contributed by atoms with van der Waals surface area (Å²) in [5.41, 5.74) is 1.57. The van der Waals surface area contributed by atoms with E-state index in [0.29, 0.717) is 0 Å². The van der Waals surface area contributed by atoms with Gasteiger partial charge in [-0.25, -0.2) is 0 Å². The molecule has 1 aliphatic heterocycles. The quantitative estimate of drug-likeness (QED) is 0.872. The van der Waals surface area contributed by atoms with Crippen LogP contribution in [0.3, 0.4) is 0 Å². The maximum atomic E-state index is 3.86. The molecule has 1 aliphatic carbocycles. The molecule has 1 heterocycles. The summed E-state index contributed by atoms with van der Waals surface area (Å²) in [4.78, 5) is 1.50. The van der Waals surface area contributed by atoms with E-state index in [-0.39, 0.29) is 0 Å². The smallest absolute Gasteiger partial charge is 0.0108 e. The molecular weight excluding hydrogens is 250 g/mol. The molecule has 1 aromatic rings. The summed E-state index contributed by atoms with van der Waals surface area (Å²) in [5, 5.41) is 3.86. The van der Waals surface area contributed by atoms with Crippen LogP contribution in [-0.2, 0) is 0 Å². The van der Waals surface area contributed by atoms with Crippen molar-refractivity contribution in [2.24, 2.45) is 5.92 Å². The van der Waals surface area contributed by atoms with Crippen molar-refractivity contribution in [1.29, 1.82) is 0 Å². The second-order valence-corrected chi connectivity index (χ2v) is 7.15. The Bertz CT molecular complexity index is 417. The highest BCUT2D eigenvalue weighted by atomic mass is 32.2. The maximum Gasteiger partial charge on any atom is 0.0108 e. The molecule has 0 aromatic heterocycles. The highest BCUT2D eigenvalue weighted by Gasteiger charge is 2.25. The van der Waals surface area contributed by atoms with Crippen molar-refractivity contribution in [1.82, 2.24) is 5.32 Å². The van der Waals surface area contributed by atoms with Crippen molar-refractivity contribution in [3.05, 3.63) is 29.8 Å². The molecule has 3 rings (SSSR count). The summed E-state index contributed by atoms with van der Waals surface area (Å²) in [5.74, 6) is 2.95. The van der Waals surface area contributed by atoms with Crippen LogP contribution in [0.2, 0.25) is 0 Å². The first-order valence-electron chi connectivity index (χ1n) is 7.82. The van der Waals surface area contributed by atoms with E-state index in [9.17, 15) is 0 Å². The molecule has 19 heavy (non-hydrogen) atoms. The summed E-state index contributed by atoms with van der Waals surface area (Å²) in [6.07, 6.45) is 7.03. The van der Waals surface area contributed by atoms with Gasteiger partial charge >= 0.3 is 0 Å². The van der Waals surface area contributed by atoms with Crippen LogP contribution in [0.4, 0.5) is 0 Å². The van der Waals surface area contributed by atoms with Crippen LogP contribution in [0.5, 0.6) is 0 Å². The summed E-state index contributed by atoms with van der Waals surface area (Å²) in [7, 11) is 0. The van der Waals surface area contributed by atoms with Crippen molar-refractivity contribution >= 4 is 11.8 Å². The minimum absolute atomic E-state index is 0.725. The topological polar surface area (TPSA) is 12.0 Å². The molecule has 1 fully saturated rings. The van der Waals surface area contributed by atoms with E-state index in [1.807, 2.05) is 11.8 Å². The van der Waals surface area contributed by atoms with Crippen LogP contribution >= 0.6 is 11.8 Å². The molecule has 0 amide bonds. The first-order valence-corrected chi connectivity index (χ1v) is 8.80. The Kier molecular flexibility index (Phi) is 4.49. The van der Waals surface area contributed by atoms with Gasteiger partial charge in [0.1, 0.15) is 0 Å². The maximum absolute atomic E-state index is 3.86. The van der Waals surface area contributed by atoms with E-state index in [4.69, 9.17) is 0 Å². The van der Waals surface area contributed by atoms with E-state index in [2.05, 4.69) is 36.5 Å². The fourth-order valence-electron chi connectivity index (χ4n) is 3.55. The lowest BCUT2D eigenvalue weighted by atomic mass is 9.84. The molecular formula is C17H25NS. The van der Waals surface area contributed by atoms with Gasteiger partial charge in [0.2, 0.25) is 0 Å². The number of thioether (sulfide) groups is 1. The second kappa shape index (κ2) is 6.32. The average Bonchev–Trinajstić information content (AvgIpc) is 2.89. The molecule has 2 heteroatoms. The largest absolute Gasteiger partial charge is 0.313 e. The SMILES string of the molecule is CCC1CCCC(NCC2CSc3ccccc32)C1. The molecule has 1 aromatic carbocycles. The molecule has 104 valence electrons. The summed E-state index contributed by atoms with van der Waals surface area (Å²) in [6.45, 7) is 3.52. The van der Waals surface area contributed by atoms with Gasteiger partial charge in [0, 0.05) is 29.2 Å². The third-order valence-corrected chi connectivity index (χ3v) is 6.06. The minimum atomic E-state index is 0.725. The highest BCUT2D eigenvalue weighted by molar-refractivity contribution is 7.99. The molecule has 0 radical (unpaired) electrons. The number of rotatable bonds is 4. The molecule has 3 unspecified atom stereocenters. The Morgan fingerprint density at radius 1 is 1.26 bits per heavy atom. The zero-order valence-corrected chi connectivity index (χ0v) is 12.7. The Morgan fingerprint density at radius 3 is 3.05 bits per heavy atom. The summed E-state index contributed by atoms with van der Waals surface area (Å²) >= 11 is 2.03. The van der Waals surface area contributed by atoms with Gasteiger partial charge in [-0.3, -0.25) is 0 Å². The third-order valence-electron chi connectivity index (χ3n) is 4.81. The van der Waals surface area contributed by atoms with E-state index in [1.165, 1.54) is 49.3 Å². The van der Waals surface area contributed by atoms with Crippen molar-refractivity contribution in [3.8, 4) is 0 Å². The molecule has 0 bridgehead atoms. The standard InChI is InChI=1S/C17H25NS/c1-2-13-6-5-7-15(10-13)18-11-14-12-19-17-9-4-3-8-16(14)17/h3-4,8-9,13-15,18H,2,5-7,10-12H2,1H3. The molecule has 1 nitrogen and oxygen atoms in total. The summed E-state index contributed by atoms with van der Waals surface area (Å²) < 4.78 is 0. The van der Waals surface area contributed by atoms with E-state index < -0.39 is 0 Å². The van der Waals surface area contributed by atoms with Crippen molar-refractivity contribution < 1.29 is 0 Å². The first-order chi connectivity index (χ1) is 9.36. The van der Waals surface area contributed by atoms with Crippen LogP contribution in [0.1, 0.15) is 50.5 Å². The molecule has 2 aliphatic rings. The lowest BCUT2D eigenvalue weighted by Gasteiger charge is -2.30. The number of hydrogen-bond acceptors (Lipinski definition) is 2. The molecule has 0 spiro atoms. The van der Waals surface area contributed by atoms with Crippen molar-refractivity contribution in [2.75, 3.05) is 12.3 Å². The number of benzene rings is 1. The zero-order chi connectivity index (χ0) is 13.1. The van der Waals surface area contributed by atoms with Gasteiger partial charge in [-0.15, -0.1) is 11.8 Å². The fourth-order valence-corrected chi connectivity index (χ4v) is 4.81. The van der Waals surface area contributed by atoms with Gasteiger partial charge in [0.15, 0.2) is 0 Å². The fraction of sp³-hybridized carbons (Fsp3) is 0.647. The van der Waals surface area contributed by atoms with Gasteiger partial charge in [0.05, 0.1) is 0 Å². The molecule has 1 saturated carbocycles. The Hall–Kier alpha value is -0.470. The first kappa shape index (κ1) is 13.5. The summed E-state index contributed by atoms with van der Waals surface area (Å²) in [6, 6.07) is 9.71. The third kappa shape index (κ3) is 3.17. The monoisotopic (exact) mass is 275 g/mol. The van der Waals surface area contributed by atoms with E-state index in [1.54, 1.807) is 5.56 Å². The lowest BCUT2D eigenvalue weighted by molar-refractivity contribution is 0.277.